The first-order valence-corrected chi connectivity index (χ1v) is 8.80. The number of benzene rings is 1. The van der Waals surface area contributed by atoms with E-state index in [1.165, 1.54) is 37.7 Å². The van der Waals surface area contributed by atoms with Gasteiger partial charge >= 0.3 is 6.03 Å². The fourth-order valence-corrected chi connectivity index (χ4v) is 4.09. The van der Waals surface area contributed by atoms with Gasteiger partial charge in [-0.25, -0.2) is 4.79 Å². The zero-order valence-electron chi connectivity index (χ0n) is 13.8. The smallest absolute Gasteiger partial charge is 0.321 e. The SMILES string of the molecule is CC(C)c1ccccc1NC(=O)N1CC[C@@H]2CCCC[C@@H]2C1. The Hall–Kier alpha value is -1.51. The monoisotopic (exact) mass is 300 g/mol. The Bertz CT molecular complexity index is 526. The molecule has 1 aliphatic carbocycles. The van der Waals surface area contributed by atoms with Crippen molar-refractivity contribution in [1.82, 2.24) is 4.90 Å². The third kappa shape index (κ3) is 3.29. The standard InChI is InChI=1S/C19H28N2O/c1-14(2)17-9-5-6-10-18(17)20-19(22)21-12-11-15-7-3-4-8-16(15)13-21/h5-6,9-10,14-16H,3-4,7-8,11-13H2,1-2H3,(H,20,22)/t15-,16+/m0/s1. The first-order valence-electron chi connectivity index (χ1n) is 8.80. The maximum absolute atomic E-state index is 12.6. The van der Waals surface area contributed by atoms with Gasteiger partial charge < -0.3 is 10.2 Å². The summed E-state index contributed by atoms with van der Waals surface area (Å²) in [6.07, 6.45) is 6.58. The van der Waals surface area contributed by atoms with Gasteiger partial charge in [-0.1, -0.05) is 51.3 Å². The van der Waals surface area contributed by atoms with Gasteiger partial charge in [0, 0.05) is 18.8 Å². The number of nitrogens with one attached hydrogen (secondary N) is 1. The van der Waals surface area contributed by atoms with Crippen LogP contribution in [0.15, 0.2) is 24.3 Å². The molecule has 120 valence electrons. The average molecular weight is 300 g/mol. The zero-order chi connectivity index (χ0) is 15.5. The molecular weight excluding hydrogens is 272 g/mol. The van der Waals surface area contributed by atoms with Crippen molar-refractivity contribution in [1.29, 1.82) is 0 Å². The summed E-state index contributed by atoms with van der Waals surface area (Å²) in [5, 5.41) is 3.14. The average Bonchev–Trinajstić information content (AvgIpc) is 2.54. The van der Waals surface area contributed by atoms with Crippen molar-refractivity contribution in [2.24, 2.45) is 11.8 Å². The summed E-state index contributed by atoms with van der Waals surface area (Å²) in [4.78, 5) is 14.7. The Balaban J connectivity index is 1.65. The van der Waals surface area contributed by atoms with Crippen LogP contribution in [0.3, 0.4) is 0 Å². The minimum atomic E-state index is 0.0807. The molecule has 3 nitrogen and oxygen atoms in total. The highest BCUT2D eigenvalue weighted by molar-refractivity contribution is 5.90. The quantitative estimate of drug-likeness (QED) is 0.831. The Morgan fingerprint density at radius 1 is 1.14 bits per heavy atom. The number of piperidine rings is 1. The normalized spacial score (nSPS) is 25.0. The van der Waals surface area contributed by atoms with Crippen LogP contribution >= 0.6 is 0 Å². The summed E-state index contributed by atoms with van der Waals surface area (Å²) in [7, 11) is 0. The highest BCUT2D eigenvalue weighted by atomic mass is 16.2. The van der Waals surface area contributed by atoms with Gasteiger partial charge in [0.15, 0.2) is 0 Å². The number of rotatable bonds is 2. The second-order valence-electron chi connectivity index (χ2n) is 7.21. The third-order valence-corrected chi connectivity index (χ3v) is 5.40. The van der Waals surface area contributed by atoms with E-state index < -0.39 is 0 Å². The predicted molar refractivity (Wildman–Crippen MR) is 91.2 cm³/mol. The van der Waals surface area contributed by atoms with E-state index in [1.54, 1.807) is 0 Å². The number of likely N-dealkylation sites (tertiary alicyclic amines) is 1. The molecule has 2 amide bonds. The largest absolute Gasteiger partial charge is 0.324 e. The fourth-order valence-electron chi connectivity index (χ4n) is 4.09. The maximum atomic E-state index is 12.6. The van der Waals surface area contributed by atoms with Crippen LogP contribution in [0, 0.1) is 11.8 Å². The number of nitrogens with zero attached hydrogens (tertiary/aromatic N) is 1. The molecule has 0 spiro atoms. The minimum Gasteiger partial charge on any atom is -0.324 e. The van der Waals surface area contributed by atoms with E-state index in [-0.39, 0.29) is 6.03 Å². The molecule has 2 aliphatic rings. The molecule has 0 radical (unpaired) electrons. The van der Waals surface area contributed by atoms with Gasteiger partial charge in [-0.3, -0.25) is 0 Å². The summed E-state index contributed by atoms with van der Waals surface area (Å²) in [6.45, 7) is 6.19. The molecule has 2 atom stereocenters. The van der Waals surface area contributed by atoms with E-state index in [1.807, 2.05) is 23.1 Å². The molecule has 0 bridgehead atoms. The fraction of sp³-hybridized carbons (Fsp3) is 0.632. The van der Waals surface area contributed by atoms with Crippen molar-refractivity contribution in [3.8, 4) is 0 Å². The van der Waals surface area contributed by atoms with Crippen LogP contribution in [-0.2, 0) is 0 Å². The summed E-state index contributed by atoms with van der Waals surface area (Å²) >= 11 is 0. The van der Waals surface area contributed by atoms with Crippen molar-refractivity contribution in [2.45, 2.75) is 51.9 Å². The minimum absolute atomic E-state index is 0.0807. The Labute approximate surface area is 134 Å². The highest BCUT2D eigenvalue weighted by Gasteiger charge is 2.33. The van der Waals surface area contributed by atoms with Crippen molar-refractivity contribution < 1.29 is 4.79 Å². The van der Waals surface area contributed by atoms with Gasteiger partial charge in [0.1, 0.15) is 0 Å². The van der Waals surface area contributed by atoms with Gasteiger partial charge in [-0.05, 0) is 42.2 Å². The van der Waals surface area contributed by atoms with Crippen molar-refractivity contribution >= 4 is 11.7 Å². The lowest BCUT2D eigenvalue weighted by Crippen LogP contribution is -2.46. The molecule has 1 aliphatic heterocycles. The van der Waals surface area contributed by atoms with Gasteiger partial charge in [0.05, 0.1) is 0 Å². The van der Waals surface area contributed by atoms with Gasteiger partial charge in [-0.2, -0.15) is 0 Å². The summed E-state index contributed by atoms with van der Waals surface area (Å²) in [5.41, 5.74) is 2.18. The number of carbonyl (C=O) groups is 1. The van der Waals surface area contributed by atoms with Crippen LogP contribution in [0.2, 0.25) is 0 Å². The van der Waals surface area contributed by atoms with Crippen molar-refractivity contribution in [2.75, 3.05) is 18.4 Å². The van der Waals surface area contributed by atoms with Crippen LogP contribution in [0.25, 0.3) is 0 Å². The van der Waals surface area contributed by atoms with Gasteiger partial charge in [-0.15, -0.1) is 0 Å². The van der Waals surface area contributed by atoms with E-state index in [9.17, 15) is 4.79 Å². The Morgan fingerprint density at radius 3 is 2.64 bits per heavy atom. The van der Waals surface area contributed by atoms with E-state index in [0.29, 0.717) is 5.92 Å². The van der Waals surface area contributed by atoms with Crippen molar-refractivity contribution in [3.05, 3.63) is 29.8 Å². The predicted octanol–water partition coefficient (Wildman–Crippen LogP) is 4.85. The summed E-state index contributed by atoms with van der Waals surface area (Å²) in [5.74, 6) is 2.01. The van der Waals surface area contributed by atoms with Crippen LogP contribution in [0.1, 0.15) is 57.4 Å². The molecule has 22 heavy (non-hydrogen) atoms. The Morgan fingerprint density at radius 2 is 1.86 bits per heavy atom. The molecule has 1 saturated carbocycles. The van der Waals surface area contributed by atoms with E-state index in [2.05, 4.69) is 25.2 Å². The van der Waals surface area contributed by atoms with E-state index in [0.717, 1.165) is 30.6 Å². The van der Waals surface area contributed by atoms with Crippen LogP contribution in [0.4, 0.5) is 10.5 Å². The highest BCUT2D eigenvalue weighted by Crippen LogP contribution is 2.36. The first-order chi connectivity index (χ1) is 10.6. The molecule has 0 aromatic heterocycles. The van der Waals surface area contributed by atoms with E-state index >= 15 is 0 Å². The lowest BCUT2D eigenvalue weighted by Gasteiger charge is -2.41. The molecule has 3 heteroatoms. The number of fused-ring (bicyclic) bond motifs is 1. The lowest BCUT2D eigenvalue weighted by molar-refractivity contribution is 0.108. The molecule has 0 unspecified atom stereocenters. The summed E-state index contributed by atoms with van der Waals surface area (Å²) in [6, 6.07) is 8.24. The van der Waals surface area contributed by atoms with Gasteiger partial charge in [0.2, 0.25) is 0 Å². The number of amides is 2. The first kappa shape index (κ1) is 15.4. The van der Waals surface area contributed by atoms with E-state index in [4.69, 9.17) is 0 Å². The second kappa shape index (κ2) is 6.72. The number of hydrogen-bond acceptors (Lipinski definition) is 1. The zero-order valence-corrected chi connectivity index (χ0v) is 13.8. The van der Waals surface area contributed by atoms with Crippen molar-refractivity contribution in [3.63, 3.8) is 0 Å². The molecular formula is C19H28N2O. The van der Waals surface area contributed by atoms with Crippen LogP contribution < -0.4 is 5.32 Å². The topological polar surface area (TPSA) is 32.3 Å². The Kier molecular flexibility index (Phi) is 4.70. The number of urea groups is 1. The van der Waals surface area contributed by atoms with Crippen LogP contribution in [0.5, 0.6) is 0 Å². The second-order valence-corrected chi connectivity index (χ2v) is 7.21. The molecule has 1 saturated heterocycles. The molecule has 1 aromatic carbocycles. The number of carbonyl (C=O) groups excluding carboxylic acids is 1. The number of anilines is 1. The molecule has 1 heterocycles. The summed E-state index contributed by atoms with van der Waals surface area (Å²) < 4.78 is 0. The van der Waals surface area contributed by atoms with Crippen LogP contribution in [-0.4, -0.2) is 24.0 Å². The molecule has 3 rings (SSSR count). The maximum Gasteiger partial charge on any atom is 0.321 e. The number of hydrogen-bond donors (Lipinski definition) is 1. The molecule has 2 fully saturated rings. The third-order valence-electron chi connectivity index (χ3n) is 5.40. The van der Waals surface area contributed by atoms with Gasteiger partial charge in [0.25, 0.3) is 0 Å². The molecule has 1 N–H and O–H groups in total. The number of para-hydroxylation sites is 1. The molecule has 1 aromatic rings. The lowest BCUT2D eigenvalue weighted by atomic mass is 9.75.